The lowest BCUT2D eigenvalue weighted by molar-refractivity contribution is 0.595. The summed E-state index contributed by atoms with van der Waals surface area (Å²) in [5.74, 6) is 0. The molecule has 0 atom stereocenters. The third kappa shape index (κ3) is 3.75. The molecule has 1 heterocycles. The molecule has 0 saturated carbocycles. The van der Waals surface area contributed by atoms with Crippen molar-refractivity contribution in [1.82, 2.24) is 0 Å². The van der Waals surface area contributed by atoms with E-state index in [0.717, 1.165) is 16.7 Å². The van der Waals surface area contributed by atoms with Crippen LogP contribution in [0.3, 0.4) is 0 Å². The topological polar surface area (TPSA) is 34.1 Å². The Hall–Kier alpha value is -3.69. The van der Waals surface area contributed by atoms with Crippen LogP contribution in [0, 0.1) is 83.1 Å². The Labute approximate surface area is 282 Å². The first kappa shape index (κ1) is 31.9. The maximum absolute atomic E-state index is 14.3. The molecule has 2 aliphatic carbocycles. The van der Waals surface area contributed by atoms with Crippen LogP contribution in [0.25, 0.3) is 28.3 Å². The van der Waals surface area contributed by atoms with Gasteiger partial charge in [-0.3, -0.25) is 0 Å². The fourth-order valence-electron chi connectivity index (χ4n) is 9.31. The molecular weight excluding hydrogens is 593 g/mol. The smallest absolute Gasteiger partial charge is 0.199 e. The zero-order valence-corrected chi connectivity index (χ0v) is 31.5. The first-order valence-electron chi connectivity index (χ1n) is 17.0. The summed E-state index contributed by atoms with van der Waals surface area (Å²) >= 11 is 0. The highest BCUT2D eigenvalue weighted by Gasteiger charge is 2.50. The minimum atomic E-state index is -3.69. The van der Waals surface area contributed by atoms with Crippen LogP contribution in [0.1, 0.15) is 108 Å². The van der Waals surface area contributed by atoms with Crippen LogP contribution < -0.4 is 0 Å². The molecular formula is C44H48O2S. The molecule has 0 saturated heterocycles. The van der Waals surface area contributed by atoms with Crippen LogP contribution in [-0.2, 0) is 20.7 Å². The number of rotatable bonds is 0. The molecule has 47 heavy (non-hydrogen) atoms. The Morgan fingerprint density at radius 1 is 0.468 bits per heavy atom. The fourth-order valence-corrected chi connectivity index (χ4v) is 10.7. The summed E-state index contributed by atoms with van der Waals surface area (Å²) in [5, 5.41) is 1.53. The molecule has 3 aliphatic rings. The first-order valence-corrected chi connectivity index (χ1v) is 18.5. The zero-order chi connectivity index (χ0) is 34.4. The van der Waals surface area contributed by atoms with Crippen LogP contribution in [0.4, 0.5) is 0 Å². The van der Waals surface area contributed by atoms with Gasteiger partial charge in [-0.05, 0) is 212 Å². The summed E-state index contributed by atoms with van der Waals surface area (Å²) in [6, 6.07) is 4.23. The van der Waals surface area contributed by atoms with Crippen LogP contribution >= 0.6 is 0 Å². The largest absolute Gasteiger partial charge is 0.219 e. The predicted molar refractivity (Wildman–Crippen MR) is 199 cm³/mol. The molecule has 0 radical (unpaired) electrons. The second kappa shape index (κ2) is 9.69. The number of fused-ring (bicyclic) bond motifs is 10. The van der Waals surface area contributed by atoms with E-state index in [2.05, 4.69) is 121 Å². The van der Waals surface area contributed by atoms with E-state index >= 15 is 0 Å². The van der Waals surface area contributed by atoms with Crippen LogP contribution in [0.5, 0.6) is 0 Å². The van der Waals surface area contributed by atoms with E-state index in [1.165, 1.54) is 106 Å². The predicted octanol–water partition coefficient (Wildman–Crippen LogP) is 11.0. The van der Waals surface area contributed by atoms with Crippen LogP contribution in [0.2, 0.25) is 0 Å². The maximum atomic E-state index is 14.3. The highest BCUT2D eigenvalue weighted by atomic mass is 32.2. The Balaban J connectivity index is 1.89. The van der Waals surface area contributed by atoms with E-state index in [4.69, 9.17) is 0 Å². The minimum Gasteiger partial charge on any atom is -0.219 e. The molecule has 1 aliphatic heterocycles. The summed E-state index contributed by atoms with van der Waals surface area (Å²) < 4.78 is 28.5. The SMILES string of the molecule is Cc1c(C)c(C)c2c(c1C)-c1c(C)c(C)c(C)c(C)c1C1(C=CS(=O)(=O)c3cc4c(cc31)C=CC4(C)C)c1c(C)c(C)c(C)c(C)c1-2. The van der Waals surface area contributed by atoms with Crippen molar-refractivity contribution in [2.24, 2.45) is 0 Å². The Morgan fingerprint density at radius 2 is 0.872 bits per heavy atom. The third-order valence-corrected chi connectivity index (χ3v) is 14.6. The van der Waals surface area contributed by atoms with E-state index in [1.807, 2.05) is 6.07 Å². The van der Waals surface area contributed by atoms with Gasteiger partial charge in [-0.2, -0.15) is 0 Å². The molecule has 0 unspecified atom stereocenters. The molecule has 0 N–H and O–H groups in total. The first-order chi connectivity index (χ1) is 21.8. The van der Waals surface area contributed by atoms with Gasteiger partial charge in [0.2, 0.25) is 0 Å². The van der Waals surface area contributed by atoms with E-state index in [0.29, 0.717) is 4.90 Å². The highest BCUT2D eigenvalue weighted by Crippen LogP contribution is 2.61. The van der Waals surface area contributed by atoms with Crippen molar-refractivity contribution >= 4 is 15.9 Å². The van der Waals surface area contributed by atoms with Gasteiger partial charge in [0.25, 0.3) is 0 Å². The zero-order valence-electron chi connectivity index (χ0n) is 30.7. The van der Waals surface area contributed by atoms with E-state index in [-0.39, 0.29) is 5.41 Å². The lowest BCUT2D eigenvalue weighted by atomic mass is 9.62. The van der Waals surface area contributed by atoms with Gasteiger partial charge >= 0.3 is 0 Å². The molecule has 4 aromatic rings. The third-order valence-electron chi connectivity index (χ3n) is 13.1. The lowest BCUT2D eigenvalue weighted by Gasteiger charge is -2.42. The Kier molecular flexibility index (Phi) is 6.58. The molecule has 242 valence electrons. The van der Waals surface area contributed by atoms with Crippen molar-refractivity contribution < 1.29 is 8.42 Å². The second-order valence-corrected chi connectivity index (χ2v) is 17.2. The minimum absolute atomic E-state index is 0.243. The number of allylic oxidation sites excluding steroid dienone is 2. The van der Waals surface area contributed by atoms with Gasteiger partial charge in [0.1, 0.15) is 0 Å². The van der Waals surface area contributed by atoms with Gasteiger partial charge in [0.15, 0.2) is 9.84 Å². The van der Waals surface area contributed by atoms with Gasteiger partial charge in [0, 0.05) is 10.8 Å². The number of hydrogen-bond acceptors (Lipinski definition) is 2. The van der Waals surface area contributed by atoms with Gasteiger partial charge < -0.3 is 0 Å². The molecule has 3 heteroatoms. The summed E-state index contributed by atoms with van der Waals surface area (Å²) in [6.45, 7) is 31.6. The number of benzene rings is 4. The lowest BCUT2D eigenvalue weighted by Crippen LogP contribution is -2.35. The second-order valence-electron chi connectivity index (χ2n) is 15.4. The monoisotopic (exact) mass is 640 g/mol. The molecule has 2 nitrogen and oxygen atoms in total. The molecule has 1 spiro atoms. The van der Waals surface area contributed by atoms with Gasteiger partial charge in [0.05, 0.1) is 10.3 Å². The van der Waals surface area contributed by atoms with Gasteiger partial charge in [-0.1, -0.05) is 32.1 Å². The average Bonchev–Trinajstić information content (AvgIpc) is 3.26. The molecule has 7 rings (SSSR count). The Morgan fingerprint density at radius 3 is 1.32 bits per heavy atom. The van der Waals surface area contributed by atoms with Gasteiger partial charge in [-0.15, -0.1) is 0 Å². The van der Waals surface area contributed by atoms with Crippen molar-refractivity contribution in [2.45, 2.75) is 113 Å². The van der Waals surface area contributed by atoms with Crippen LogP contribution in [0.15, 0.2) is 34.6 Å². The van der Waals surface area contributed by atoms with E-state index < -0.39 is 15.3 Å². The van der Waals surface area contributed by atoms with Crippen molar-refractivity contribution in [3.63, 3.8) is 0 Å². The van der Waals surface area contributed by atoms with Crippen molar-refractivity contribution in [1.29, 1.82) is 0 Å². The fraction of sp³-hybridized carbons (Fsp3) is 0.364. The molecule has 4 aromatic carbocycles. The molecule has 0 aromatic heterocycles. The summed E-state index contributed by atoms with van der Waals surface area (Å²) in [5.41, 5.74) is 25.0. The summed E-state index contributed by atoms with van der Waals surface area (Å²) in [7, 11) is -3.69. The quantitative estimate of drug-likeness (QED) is 0.192. The standard InChI is InChI=1S/C44H48O2S/c1-21-22(2)28(8)38-37(27(21)7)39-29(9)23(3)25(5)31(11)41(39)44(42-32(12)26(6)24(4)30(10)40(38)42)17-18-47(45,46)36-20-34-33(19-35(36)44)15-16-43(34,13)14/h15-20H,1-14H3. The highest BCUT2D eigenvalue weighted by molar-refractivity contribution is 7.94. The van der Waals surface area contributed by atoms with Gasteiger partial charge in [-0.25, -0.2) is 8.42 Å². The molecule has 0 amide bonds. The average molecular weight is 641 g/mol. The maximum Gasteiger partial charge on any atom is 0.199 e. The summed E-state index contributed by atoms with van der Waals surface area (Å²) in [6.07, 6.45) is 6.47. The molecule has 0 fully saturated rings. The Bertz CT molecular complexity index is 2240. The van der Waals surface area contributed by atoms with Crippen molar-refractivity contribution in [3.05, 3.63) is 124 Å². The van der Waals surface area contributed by atoms with Crippen molar-refractivity contribution in [3.8, 4) is 22.3 Å². The van der Waals surface area contributed by atoms with E-state index in [9.17, 15) is 8.42 Å². The van der Waals surface area contributed by atoms with E-state index in [1.54, 1.807) is 0 Å². The number of sulfone groups is 1. The number of hydrogen-bond donors (Lipinski definition) is 0. The van der Waals surface area contributed by atoms with Crippen molar-refractivity contribution in [2.75, 3.05) is 0 Å². The normalized spacial score (nSPS) is 17.2. The van der Waals surface area contributed by atoms with Crippen LogP contribution in [-0.4, -0.2) is 8.42 Å². The molecule has 0 bridgehead atoms. The summed E-state index contributed by atoms with van der Waals surface area (Å²) in [4.78, 5) is 0.435.